The summed E-state index contributed by atoms with van der Waals surface area (Å²) in [5.74, 6) is 5.07. The summed E-state index contributed by atoms with van der Waals surface area (Å²) < 4.78 is 12.6. The number of fused-ring (bicyclic) bond motifs is 1. The molecule has 0 spiro atoms. The number of nitrogens with one attached hydrogen (secondary N) is 1. The lowest BCUT2D eigenvalue weighted by Crippen LogP contribution is -2.17. The Morgan fingerprint density at radius 1 is 1.22 bits per heavy atom. The molecule has 2 N–H and O–H groups in total. The van der Waals surface area contributed by atoms with Crippen LogP contribution in [0.15, 0.2) is 40.9 Å². The van der Waals surface area contributed by atoms with E-state index in [0.29, 0.717) is 12.8 Å². The van der Waals surface area contributed by atoms with Gasteiger partial charge in [0.05, 0.1) is 4.88 Å². The van der Waals surface area contributed by atoms with Crippen LogP contribution >= 0.6 is 22.7 Å². The molecule has 0 radical (unpaired) electrons. The van der Waals surface area contributed by atoms with Gasteiger partial charge in [-0.05, 0) is 61.8 Å². The van der Waals surface area contributed by atoms with E-state index in [9.17, 15) is 20.0 Å². The molecule has 180 valence electrons. The van der Waals surface area contributed by atoms with Crippen LogP contribution in [0.4, 0.5) is 10.5 Å². The van der Waals surface area contributed by atoms with Crippen molar-refractivity contribution in [1.29, 1.82) is 5.26 Å². The van der Waals surface area contributed by atoms with Crippen LogP contribution in [0, 0.1) is 30.1 Å². The molecule has 0 bridgehead atoms. The van der Waals surface area contributed by atoms with E-state index in [2.05, 4.69) is 22.3 Å². The summed E-state index contributed by atoms with van der Waals surface area (Å²) in [5.41, 5.74) is 1.07. The first-order valence-corrected chi connectivity index (χ1v) is 12.7. The van der Waals surface area contributed by atoms with Crippen LogP contribution < -0.4 is 5.32 Å². The molecular formula is C26H19N3O5S2. The highest BCUT2D eigenvalue weighted by molar-refractivity contribution is 7.28. The molecule has 36 heavy (non-hydrogen) atoms. The number of rotatable bonds is 5. The molecule has 1 aliphatic rings. The molecule has 1 amide bonds. The molecule has 1 unspecified atom stereocenters. The number of hydrogen-bond acceptors (Lipinski definition) is 8. The van der Waals surface area contributed by atoms with Crippen molar-refractivity contribution in [1.82, 2.24) is 5.16 Å². The number of aromatic nitrogens is 1. The largest absolute Gasteiger partial charge is 0.481 e. The van der Waals surface area contributed by atoms with E-state index in [1.165, 1.54) is 22.7 Å². The highest BCUT2D eigenvalue weighted by Gasteiger charge is 2.53. The van der Waals surface area contributed by atoms with Gasteiger partial charge in [-0.2, -0.15) is 5.26 Å². The van der Waals surface area contributed by atoms with Gasteiger partial charge in [0.1, 0.15) is 23.3 Å². The molecule has 3 aromatic heterocycles. The number of aliphatic carboxylic acids is 1. The molecular weight excluding hydrogens is 498 g/mol. The van der Waals surface area contributed by atoms with Crippen molar-refractivity contribution >= 4 is 49.8 Å². The fourth-order valence-electron chi connectivity index (χ4n) is 3.91. The van der Waals surface area contributed by atoms with Crippen LogP contribution in [-0.4, -0.2) is 22.3 Å². The molecule has 1 aromatic carbocycles. The zero-order chi connectivity index (χ0) is 25.4. The molecule has 3 heterocycles. The molecule has 10 heteroatoms. The van der Waals surface area contributed by atoms with Crippen LogP contribution in [0.2, 0.25) is 0 Å². The van der Waals surface area contributed by atoms with Gasteiger partial charge in [-0.25, -0.2) is 4.79 Å². The lowest BCUT2D eigenvalue weighted by Gasteiger charge is -2.15. The van der Waals surface area contributed by atoms with Gasteiger partial charge in [0.2, 0.25) is 11.5 Å². The van der Waals surface area contributed by atoms with Crippen LogP contribution in [0.25, 0.3) is 9.40 Å². The fourth-order valence-corrected chi connectivity index (χ4v) is 6.40. The maximum Gasteiger partial charge on any atom is 0.412 e. The van der Waals surface area contributed by atoms with Gasteiger partial charge in [-0.3, -0.25) is 10.1 Å². The Balaban J connectivity index is 1.33. The maximum absolute atomic E-state index is 12.5. The summed E-state index contributed by atoms with van der Waals surface area (Å²) >= 11 is 2.91. The minimum atomic E-state index is -0.776. The SMILES string of the molecule is Cc1ccccc1C(C)OC(=O)Nc1c(C#N)noc1C#Cc1cc2sc(C3(C(=O)O)CC3)cc2s1. The monoisotopic (exact) mass is 517 g/mol. The smallest absolute Gasteiger partial charge is 0.412 e. The zero-order valence-corrected chi connectivity index (χ0v) is 20.9. The van der Waals surface area contributed by atoms with E-state index in [1.54, 1.807) is 6.92 Å². The maximum atomic E-state index is 12.5. The number of carboxylic acids is 1. The number of carboxylic acid groups (broad SMARTS) is 1. The van der Waals surface area contributed by atoms with Gasteiger partial charge in [-0.15, -0.1) is 22.7 Å². The molecule has 4 aromatic rings. The van der Waals surface area contributed by atoms with Crippen molar-refractivity contribution in [2.24, 2.45) is 0 Å². The first-order valence-electron chi connectivity index (χ1n) is 11.0. The van der Waals surface area contributed by atoms with Gasteiger partial charge in [0.25, 0.3) is 0 Å². The van der Waals surface area contributed by atoms with Crippen molar-refractivity contribution in [3.8, 4) is 17.9 Å². The minimum Gasteiger partial charge on any atom is -0.481 e. The van der Waals surface area contributed by atoms with Crippen molar-refractivity contribution in [3.63, 3.8) is 0 Å². The van der Waals surface area contributed by atoms with Crippen molar-refractivity contribution in [2.45, 2.75) is 38.2 Å². The van der Waals surface area contributed by atoms with E-state index in [1.807, 2.05) is 49.4 Å². The van der Waals surface area contributed by atoms with Gasteiger partial charge < -0.3 is 14.4 Å². The van der Waals surface area contributed by atoms with Gasteiger partial charge in [0.15, 0.2) is 0 Å². The predicted octanol–water partition coefficient (Wildman–Crippen LogP) is 5.96. The standard InChI is InChI=1S/C26H19N3O5S2/c1-14-5-3-4-6-17(14)15(2)33-25(32)28-23-18(13-27)29-34-19(23)8-7-16-11-20-21(35-16)12-22(36-20)26(9-10-26)24(30)31/h3-6,11-12,15H,9-10H2,1-2H3,(H,28,32)(H,30,31). The average molecular weight is 518 g/mol. The number of amides is 1. The molecule has 1 atom stereocenters. The van der Waals surface area contributed by atoms with E-state index in [0.717, 1.165) is 30.3 Å². The number of carbonyl (C=O) groups is 2. The predicted molar refractivity (Wildman–Crippen MR) is 135 cm³/mol. The third-order valence-corrected chi connectivity index (χ3v) is 8.49. The topological polar surface area (TPSA) is 125 Å². The fraction of sp³-hybridized carbons (Fsp3) is 0.231. The Hall–Kier alpha value is -4.12. The van der Waals surface area contributed by atoms with Gasteiger partial charge in [0, 0.05) is 14.3 Å². The highest BCUT2D eigenvalue weighted by atomic mass is 32.1. The second-order valence-corrected chi connectivity index (χ2v) is 10.6. The molecule has 0 saturated heterocycles. The molecule has 5 rings (SSSR count). The van der Waals surface area contributed by atoms with E-state index in [-0.39, 0.29) is 17.1 Å². The van der Waals surface area contributed by atoms with Gasteiger partial charge >= 0.3 is 12.1 Å². The summed E-state index contributed by atoms with van der Waals surface area (Å²) in [4.78, 5) is 25.8. The van der Waals surface area contributed by atoms with E-state index >= 15 is 0 Å². The number of nitriles is 1. The Morgan fingerprint density at radius 3 is 2.64 bits per heavy atom. The summed E-state index contributed by atoms with van der Waals surface area (Å²) in [5, 5.41) is 25.1. The third kappa shape index (κ3) is 4.33. The van der Waals surface area contributed by atoms with Crippen molar-refractivity contribution < 1.29 is 24.0 Å². The molecule has 1 fully saturated rings. The molecule has 0 aliphatic heterocycles. The molecule has 1 saturated carbocycles. The average Bonchev–Trinajstić information content (AvgIpc) is 3.23. The summed E-state index contributed by atoms with van der Waals surface area (Å²) in [6, 6.07) is 13.3. The lowest BCUT2D eigenvalue weighted by molar-refractivity contribution is -0.139. The first-order chi connectivity index (χ1) is 17.3. The number of carbonyl (C=O) groups excluding carboxylic acids is 1. The van der Waals surface area contributed by atoms with Crippen molar-refractivity contribution in [3.05, 3.63) is 68.7 Å². The summed E-state index contributed by atoms with van der Waals surface area (Å²) in [6.07, 6.45) is 0.0607. The summed E-state index contributed by atoms with van der Waals surface area (Å²) in [7, 11) is 0. The van der Waals surface area contributed by atoms with Crippen LogP contribution in [0.5, 0.6) is 0 Å². The first kappa shape index (κ1) is 23.6. The number of thiophene rings is 2. The number of nitrogens with zero attached hydrogens (tertiary/aromatic N) is 2. The second kappa shape index (κ2) is 9.15. The van der Waals surface area contributed by atoms with Crippen LogP contribution in [-0.2, 0) is 14.9 Å². The lowest BCUT2D eigenvalue weighted by atomic mass is 10.1. The van der Waals surface area contributed by atoms with Crippen LogP contribution in [0.3, 0.4) is 0 Å². The molecule has 1 aliphatic carbocycles. The van der Waals surface area contributed by atoms with Crippen molar-refractivity contribution in [2.75, 3.05) is 5.32 Å². The number of benzene rings is 1. The Bertz CT molecular complexity index is 1580. The minimum absolute atomic E-state index is 0.0345. The second-order valence-electron chi connectivity index (χ2n) is 8.46. The van der Waals surface area contributed by atoms with Crippen LogP contribution in [0.1, 0.15) is 58.2 Å². The number of hydrogen-bond donors (Lipinski definition) is 2. The normalized spacial score (nSPS) is 14.4. The Morgan fingerprint density at radius 2 is 1.97 bits per heavy atom. The Kier molecular flexibility index (Phi) is 6.00. The highest BCUT2D eigenvalue weighted by Crippen LogP contribution is 2.52. The number of aryl methyl sites for hydroxylation is 1. The quantitative estimate of drug-likeness (QED) is 0.313. The number of ether oxygens (including phenoxy) is 1. The summed E-state index contributed by atoms with van der Waals surface area (Å²) in [6.45, 7) is 3.69. The van der Waals surface area contributed by atoms with Gasteiger partial charge in [-0.1, -0.05) is 29.4 Å². The number of anilines is 1. The Labute approximate surface area is 214 Å². The molecule has 8 nitrogen and oxygen atoms in total. The zero-order valence-electron chi connectivity index (χ0n) is 19.2. The van der Waals surface area contributed by atoms with E-state index < -0.39 is 23.6 Å². The van der Waals surface area contributed by atoms with E-state index in [4.69, 9.17) is 9.26 Å². The third-order valence-electron chi connectivity index (χ3n) is 6.07.